The van der Waals surface area contributed by atoms with Crippen molar-refractivity contribution in [3.8, 4) is 33.8 Å². The van der Waals surface area contributed by atoms with Gasteiger partial charge in [-0.05, 0) is 119 Å². The summed E-state index contributed by atoms with van der Waals surface area (Å²) in [5.74, 6) is -0.202. The highest BCUT2D eigenvalue weighted by Crippen LogP contribution is 2.35. The quantitative estimate of drug-likeness (QED) is 0.140. The van der Waals surface area contributed by atoms with Gasteiger partial charge in [0.1, 0.15) is 17.0 Å². The number of aromatic amines is 2. The molecule has 1 fully saturated rings. The molecule has 6 aromatic rings. The molecule has 7 rings (SSSR count). The molecule has 5 heterocycles. The van der Waals surface area contributed by atoms with Gasteiger partial charge in [-0.15, -0.1) is 0 Å². The molecule has 4 aromatic heterocycles. The number of fused-ring (bicyclic) bond motifs is 2. The van der Waals surface area contributed by atoms with Gasteiger partial charge in [-0.25, -0.2) is 9.37 Å². The van der Waals surface area contributed by atoms with Crippen LogP contribution in [0.2, 0.25) is 0 Å². The summed E-state index contributed by atoms with van der Waals surface area (Å²) in [6.07, 6.45) is 8.06. The zero-order valence-electron chi connectivity index (χ0n) is 26.4. The Kier molecular flexibility index (Phi) is 8.34. The first-order chi connectivity index (χ1) is 22.4. The molecule has 3 N–H and O–H groups in total. The normalized spacial score (nSPS) is 13.7. The third kappa shape index (κ3) is 6.42. The van der Waals surface area contributed by atoms with Crippen molar-refractivity contribution in [2.45, 2.75) is 25.7 Å². The van der Waals surface area contributed by atoms with Crippen LogP contribution in [0.5, 0.6) is 0 Å². The van der Waals surface area contributed by atoms with Gasteiger partial charge in [0.25, 0.3) is 0 Å². The van der Waals surface area contributed by atoms with Crippen LogP contribution < -0.4 is 5.32 Å². The van der Waals surface area contributed by atoms with Crippen LogP contribution in [0, 0.1) is 5.82 Å². The van der Waals surface area contributed by atoms with Gasteiger partial charge in [0.2, 0.25) is 0 Å². The van der Waals surface area contributed by atoms with Crippen molar-refractivity contribution < 1.29 is 4.39 Å². The van der Waals surface area contributed by atoms with Gasteiger partial charge < -0.3 is 20.1 Å². The fourth-order valence-corrected chi connectivity index (χ4v) is 6.52. The SMILES string of the molecule is C=C(CN(C)C)Nc1cncc(-c2ccc3[nH]nc(-c4cc5c(-c6cc(F)cc(CCCN7CCCC7)c6)cccc5[nH]4)c3n2)c1. The second kappa shape index (κ2) is 12.9. The number of aryl methyl sites for hydroxylation is 1. The van der Waals surface area contributed by atoms with Crippen molar-refractivity contribution in [2.75, 3.05) is 45.6 Å². The molecule has 0 aliphatic carbocycles. The molecule has 1 aliphatic heterocycles. The standard InChI is InChI=1S/C37H39FN8/c1-24(23-45(2)3)40-29-19-27(21-39-22-29)32-11-12-34-36(42-32)37(44-43-34)35-20-31-30(9-6-10-33(31)41-35)26-16-25(17-28(38)18-26)8-7-15-46-13-4-5-14-46/h6,9-12,16-22,40-41H,1,4-5,7-8,13-15,23H2,2-3H3,(H,43,44). The van der Waals surface area contributed by atoms with E-state index in [0.717, 1.165) is 98.6 Å². The van der Waals surface area contributed by atoms with E-state index in [9.17, 15) is 4.39 Å². The lowest BCUT2D eigenvalue weighted by atomic mass is 9.98. The highest BCUT2D eigenvalue weighted by atomic mass is 19.1. The number of hydrogen-bond acceptors (Lipinski definition) is 6. The summed E-state index contributed by atoms with van der Waals surface area (Å²) in [5.41, 5.74) is 10.4. The van der Waals surface area contributed by atoms with Crippen LogP contribution in [0.15, 0.2) is 85.3 Å². The number of likely N-dealkylation sites (N-methyl/N-ethyl adjacent to an activating group) is 1. The van der Waals surface area contributed by atoms with E-state index in [1.807, 2.05) is 50.6 Å². The number of H-pyrrole nitrogens is 2. The predicted octanol–water partition coefficient (Wildman–Crippen LogP) is 7.49. The molecule has 8 nitrogen and oxygen atoms in total. The van der Waals surface area contributed by atoms with Crippen LogP contribution in [0.4, 0.5) is 10.1 Å². The van der Waals surface area contributed by atoms with E-state index in [-0.39, 0.29) is 5.82 Å². The Hall–Kier alpha value is -4.86. The molecule has 234 valence electrons. The fourth-order valence-electron chi connectivity index (χ4n) is 6.52. The Morgan fingerprint density at radius 1 is 1.00 bits per heavy atom. The Bertz CT molecular complexity index is 2020. The van der Waals surface area contributed by atoms with E-state index in [1.165, 1.54) is 25.9 Å². The fraction of sp³-hybridized carbons (Fsp3) is 0.270. The lowest BCUT2D eigenvalue weighted by Gasteiger charge is -2.14. The highest BCUT2D eigenvalue weighted by Gasteiger charge is 2.17. The van der Waals surface area contributed by atoms with Crippen LogP contribution >= 0.6 is 0 Å². The van der Waals surface area contributed by atoms with Crippen LogP contribution in [0.25, 0.3) is 55.7 Å². The topological polar surface area (TPSA) is 88.8 Å². The van der Waals surface area contributed by atoms with Gasteiger partial charge in [-0.1, -0.05) is 24.8 Å². The molecule has 1 aliphatic rings. The first-order valence-electron chi connectivity index (χ1n) is 15.9. The number of anilines is 1. The van der Waals surface area contributed by atoms with Crippen molar-refractivity contribution in [3.63, 3.8) is 0 Å². The molecule has 0 saturated carbocycles. The second-order valence-corrected chi connectivity index (χ2v) is 12.5. The minimum absolute atomic E-state index is 0.202. The van der Waals surface area contributed by atoms with E-state index in [1.54, 1.807) is 18.3 Å². The van der Waals surface area contributed by atoms with Crippen molar-refractivity contribution in [3.05, 3.63) is 96.7 Å². The van der Waals surface area contributed by atoms with Gasteiger partial charge >= 0.3 is 0 Å². The number of nitrogens with one attached hydrogen (secondary N) is 3. The molecular weight excluding hydrogens is 575 g/mol. The van der Waals surface area contributed by atoms with E-state index in [0.29, 0.717) is 0 Å². The molecule has 9 heteroatoms. The molecule has 0 bridgehead atoms. The number of pyridine rings is 2. The van der Waals surface area contributed by atoms with Crippen LogP contribution in [-0.4, -0.2) is 75.2 Å². The molecule has 46 heavy (non-hydrogen) atoms. The molecule has 0 unspecified atom stereocenters. The average molecular weight is 615 g/mol. The average Bonchev–Trinajstić information content (AvgIpc) is 3.80. The number of aromatic nitrogens is 5. The van der Waals surface area contributed by atoms with Crippen LogP contribution in [-0.2, 0) is 6.42 Å². The van der Waals surface area contributed by atoms with Crippen molar-refractivity contribution >= 4 is 27.6 Å². The molecule has 0 spiro atoms. The summed E-state index contributed by atoms with van der Waals surface area (Å²) >= 11 is 0. The minimum Gasteiger partial charge on any atom is -0.357 e. The van der Waals surface area contributed by atoms with Crippen molar-refractivity contribution in [1.29, 1.82) is 0 Å². The number of nitrogens with zero attached hydrogens (tertiary/aromatic N) is 5. The lowest BCUT2D eigenvalue weighted by molar-refractivity contribution is 0.334. The number of benzene rings is 2. The molecule has 0 radical (unpaired) electrons. The first-order valence-corrected chi connectivity index (χ1v) is 15.9. The maximum absolute atomic E-state index is 14.9. The number of rotatable bonds is 11. The summed E-state index contributed by atoms with van der Waals surface area (Å²) in [6, 6.07) is 19.6. The smallest absolute Gasteiger partial charge is 0.135 e. The largest absolute Gasteiger partial charge is 0.357 e. The maximum atomic E-state index is 14.9. The zero-order valence-corrected chi connectivity index (χ0v) is 26.4. The third-order valence-electron chi connectivity index (χ3n) is 8.60. The molecule has 0 atom stereocenters. The minimum atomic E-state index is -0.202. The lowest BCUT2D eigenvalue weighted by Crippen LogP contribution is -2.20. The van der Waals surface area contributed by atoms with Gasteiger partial charge in [0, 0.05) is 34.9 Å². The highest BCUT2D eigenvalue weighted by molar-refractivity contribution is 6.00. The predicted molar refractivity (Wildman–Crippen MR) is 185 cm³/mol. The Morgan fingerprint density at radius 2 is 1.87 bits per heavy atom. The van der Waals surface area contributed by atoms with Crippen LogP contribution in [0.1, 0.15) is 24.8 Å². The van der Waals surface area contributed by atoms with Gasteiger partial charge in [-0.2, -0.15) is 5.10 Å². The third-order valence-corrected chi connectivity index (χ3v) is 8.60. The van der Waals surface area contributed by atoms with Crippen molar-refractivity contribution in [1.82, 2.24) is 34.9 Å². The Morgan fingerprint density at radius 3 is 2.72 bits per heavy atom. The van der Waals surface area contributed by atoms with Crippen molar-refractivity contribution in [2.24, 2.45) is 0 Å². The monoisotopic (exact) mass is 614 g/mol. The molecule has 2 aromatic carbocycles. The van der Waals surface area contributed by atoms with Crippen LogP contribution in [0.3, 0.4) is 0 Å². The second-order valence-electron chi connectivity index (χ2n) is 12.5. The summed E-state index contributed by atoms with van der Waals surface area (Å²) in [6.45, 7) is 8.28. The maximum Gasteiger partial charge on any atom is 0.135 e. The van der Waals surface area contributed by atoms with Gasteiger partial charge in [0.05, 0.1) is 28.8 Å². The summed E-state index contributed by atoms with van der Waals surface area (Å²) in [7, 11) is 4.01. The van der Waals surface area contributed by atoms with Gasteiger partial charge in [-0.3, -0.25) is 10.1 Å². The number of halogens is 1. The van der Waals surface area contributed by atoms with Gasteiger partial charge in [0.15, 0.2) is 0 Å². The Labute approximate surface area is 268 Å². The molecular formula is C37H39FN8. The Balaban J connectivity index is 1.18. The summed E-state index contributed by atoms with van der Waals surface area (Å²) in [4.78, 5) is 17.6. The summed E-state index contributed by atoms with van der Waals surface area (Å²) < 4.78 is 14.9. The van der Waals surface area contributed by atoms with E-state index in [2.05, 4.69) is 60.1 Å². The van der Waals surface area contributed by atoms with E-state index >= 15 is 0 Å². The summed E-state index contributed by atoms with van der Waals surface area (Å²) in [5, 5.41) is 12.1. The molecule has 0 amide bonds. The first kappa shape index (κ1) is 29.8. The van der Waals surface area contributed by atoms with E-state index < -0.39 is 0 Å². The number of hydrogen-bond donors (Lipinski definition) is 3. The zero-order chi connectivity index (χ0) is 31.6. The molecule has 1 saturated heterocycles. The van der Waals surface area contributed by atoms with E-state index in [4.69, 9.17) is 4.98 Å². The number of likely N-dealkylation sites (tertiary alicyclic amines) is 1.